The van der Waals surface area contributed by atoms with Crippen molar-refractivity contribution in [2.75, 3.05) is 6.54 Å². The molecule has 2 heterocycles. The third kappa shape index (κ3) is 3.94. The second-order valence-corrected chi connectivity index (χ2v) is 5.24. The first-order valence-corrected chi connectivity index (χ1v) is 7.63. The SMILES string of the molecule is CCC(CC)C(O)CNC(=O)NCc1ccnc2ccnn12. The number of rotatable bonds is 7. The predicted molar refractivity (Wildman–Crippen MR) is 83.3 cm³/mol. The summed E-state index contributed by atoms with van der Waals surface area (Å²) >= 11 is 0. The molecule has 120 valence electrons. The van der Waals surface area contributed by atoms with Crippen molar-refractivity contribution in [1.29, 1.82) is 0 Å². The number of hydrogen-bond donors (Lipinski definition) is 3. The lowest BCUT2D eigenvalue weighted by molar-refractivity contribution is 0.103. The lowest BCUT2D eigenvalue weighted by Gasteiger charge is -2.20. The molecule has 0 spiro atoms. The van der Waals surface area contributed by atoms with E-state index in [9.17, 15) is 9.90 Å². The van der Waals surface area contributed by atoms with Gasteiger partial charge in [-0.1, -0.05) is 26.7 Å². The molecule has 0 saturated heterocycles. The molecule has 22 heavy (non-hydrogen) atoms. The molecule has 2 aromatic rings. The minimum absolute atomic E-state index is 0.212. The van der Waals surface area contributed by atoms with Gasteiger partial charge in [-0.15, -0.1) is 0 Å². The van der Waals surface area contributed by atoms with Crippen molar-refractivity contribution in [3.8, 4) is 0 Å². The number of aliphatic hydroxyl groups is 1. The smallest absolute Gasteiger partial charge is 0.315 e. The van der Waals surface area contributed by atoms with Crippen LogP contribution in [0.2, 0.25) is 0 Å². The number of aromatic nitrogens is 3. The summed E-state index contributed by atoms with van der Waals surface area (Å²) in [5, 5.41) is 19.6. The van der Waals surface area contributed by atoms with Gasteiger partial charge in [0.15, 0.2) is 5.65 Å². The van der Waals surface area contributed by atoms with Gasteiger partial charge in [0.1, 0.15) is 0 Å². The van der Waals surface area contributed by atoms with Crippen molar-refractivity contribution in [2.24, 2.45) is 5.92 Å². The monoisotopic (exact) mass is 305 g/mol. The van der Waals surface area contributed by atoms with E-state index in [-0.39, 0.29) is 18.5 Å². The van der Waals surface area contributed by atoms with Gasteiger partial charge >= 0.3 is 6.03 Å². The van der Waals surface area contributed by atoms with Crippen molar-refractivity contribution in [2.45, 2.75) is 39.3 Å². The van der Waals surface area contributed by atoms with Gasteiger partial charge in [-0.25, -0.2) is 14.3 Å². The Morgan fingerprint density at radius 3 is 2.77 bits per heavy atom. The third-order valence-electron chi connectivity index (χ3n) is 3.86. The standard InChI is InChI=1S/C15H23N5O2/c1-3-11(4-2)13(21)10-18-15(22)17-9-12-5-7-16-14-6-8-19-20(12)14/h5-8,11,13,21H,3-4,9-10H2,1-2H3,(H2,17,18,22). The summed E-state index contributed by atoms with van der Waals surface area (Å²) in [6.45, 7) is 4.67. The Bertz CT molecular complexity index is 609. The summed E-state index contributed by atoms with van der Waals surface area (Å²) in [5.41, 5.74) is 1.58. The van der Waals surface area contributed by atoms with Gasteiger partial charge in [-0.3, -0.25) is 0 Å². The van der Waals surface area contributed by atoms with Crippen LogP contribution in [0.3, 0.4) is 0 Å². The van der Waals surface area contributed by atoms with Crippen molar-refractivity contribution in [3.63, 3.8) is 0 Å². The molecule has 2 rings (SSSR count). The molecule has 0 bridgehead atoms. The molecule has 0 fully saturated rings. The zero-order valence-corrected chi connectivity index (χ0v) is 13.0. The maximum absolute atomic E-state index is 11.8. The quantitative estimate of drug-likeness (QED) is 0.719. The van der Waals surface area contributed by atoms with E-state index in [4.69, 9.17) is 0 Å². The van der Waals surface area contributed by atoms with Gasteiger partial charge in [0.25, 0.3) is 0 Å². The average molecular weight is 305 g/mol. The molecule has 7 heteroatoms. The molecule has 1 atom stereocenters. The maximum Gasteiger partial charge on any atom is 0.315 e. The van der Waals surface area contributed by atoms with Crippen LogP contribution in [0.4, 0.5) is 4.79 Å². The molecule has 7 nitrogen and oxygen atoms in total. The number of nitrogens with one attached hydrogen (secondary N) is 2. The Morgan fingerprint density at radius 1 is 1.27 bits per heavy atom. The largest absolute Gasteiger partial charge is 0.391 e. The molecule has 3 N–H and O–H groups in total. The molecule has 0 saturated carbocycles. The summed E-state index contributed by atoms with van der Waals surface area (Å²) < 4.78 is 1.68. The van der Waals surface area contributed by atoms with Crippen LogP contribution in [-0.2, 0) is 6.54 Å². The Morgan fingerprint density at radius 2 is 2.05 bits per heavy atom. The molecule has 0 aromatic carbocycles. The summed E-state index contributed by atoms with van der Waals surface area (Å²) in [6.07, 6.45) is 4.63. The van der Waals surface area contributed by atoms with Crippen molar-refractivity contribution < 1.29 is 9.90 Å². The predicted octanol–water partition coefficient (Wildman–Crippen LogP) is 1.33. The van der Waals surface area contributed by atoms with Crippen molar-refractivity contribution in [3.05, 3.63) is 30.2 Å². The molecule has 0 radical (unpaired) electrons. The number of nitrogens with zero attached hydrogens (tertiary/aromatic N) is 3. The molecular formula is C15H23N5O2. The highest BCUT2D eigenvalue weighted by atomic mass is 16.3. The Kier molecular flexibility index (Phi) is 5.71. The van der Waals surface area contributed by atoms with E-state index in [1.54, 1.807) is 29.0 Å². The van der Waals surface area contributed by atoms with Crippen molar-refractivity contribution in [1.82, 2.24) is 25.2 Å². The van der Waals surface area contributed by atoms with E-state index < -0.39 is 6.10 Å². The second-order valence-electron chi connectivity index (χ2n) is 5.24. The number of aliphatic hydroxyl groups excluding tert-OH is 1. The first-order valence-electron chi connectivity index (χ1n) is 7.63. The number of hydrogen-bond acceptors (Lipinski definition) is 4. The Hall–Kier alpha value is -2.15. The lowest BCUT2D eigenvalue weighted by Crippen LogP contribution is -2.41. The summed E-state index contributed by atoms with van der Waals surface area (Å²) in [5.74, 6) is 0.212. The van der Waals surface area contributed by atoms with Crippen LogP contribution in [0.5, 0.6) is 0 Å². The van der Waals surface area contributed by atoms with Crippen LogP contribution in [-0.4, -0.2) is 38.4 Å². The molecule has 0 aliphatic rings. The number of carbonyl (C=O) groups excluding carboxylic acids is 1. The van der Waals surface area contributed by atoms with Gasteiger partial charge in [0.05, 0.1) is 24.5 Å². The Labute approximate surface area is 129 Å². The van der Waals surface area contributed by atoms with Crippen LogP contribution in [0.1, 0.15) is 32.4 Å². The lowest BCUT2D eigenvalue weighted by atomic mass is 9.97. The number of carbonyl (C=O) groups is 1. The van der Waals surface area contributed by atoms with Crippen molar-refractivity contribution >= 4 is 11.7 Å². The van der Waals surface area contributed by atoms with Crippen LogP contribution in [0, 0.1) is 5.92 Å². The van der Waals surface area contributed by atoms with E-state index >= 15 is 0 Å². The summed E-state index contributed by atoms with van der Waals surface area (Å²) in [7, 11) is 0. The minimum atomic E-state index is -0.514. The fraction of sp³-hybridized carbons (Fsp3) is 0.533. The second kappa shape index (κ2) is 7.74. The van der Waals surface area contributed by atoms with Gasteiger partial charge in [0.2, 0.25) is 0 Å². The highest BCUT2D eigenvalue weighted by molar-refractivity contribution is 5.73. The van der Waals surface area contributed by atoms with Gasteiger partial charge in [-0.2, -0.15) is 5.10 Å². The first kappa shape index (κ1) is 16.2. The molecule has 2 amide bonds. The third-order valence-corrected chi connectivity index (χ3v) is 3.86. The normalized spacial score (nSPS) is 12.5. The van der Waals surface area contributed by atoms with Crippen LogP contribution >= 0.6 is 0 Å². The first-order chi connectivity index (χ1) is 10.7. The van der Waals surface area contributed by atoms with Gasteiger partial charge in [-0.05, 0) is 12.0 Å². The van der Waals surface area contributed by atoms with E-state index in [0.29, 0.717) is 6.54 Å². The highest BCUT2D eigenvalue weighted by Gasteiger charge is 2.16. The Balaban J connectivity index is 1.82. The van der Waals surface area contributed by atoms with E-state index in [1.807, 2.05) is 13.8 Å². The van der Waals surface area contributed by atoms with Gasteiger partial charge < -0.3 is 15.7 Å². The van der Waals surface area contributed by atoms with Gasteiger partial charge in [0, 0.05) is 18.8 Å². The minimum Gasteiger partial charge on any atom is -0.391 e. The maximum atomic E-state index is 11.8. The van der Waals surface area contributed by atoms with Crippen LogP contribution < -0.4 is 10.6 Å². The van der Waals surface area contributed by atoms with Crippen LogP contribution in [0.25, 0.3) is 5.65 Å². The fourth-order valence-corrected chi connectivity index (χ4v) is 2.45. The number of urea groups is 1. The fourth-order valence-electron chi connectivity index (χ4n) is 2.45. The average Bonchev–Trinajstić information content (AvgIpc) is 3.01. The van der Waals surface area contributed by atoms with Crippen LogP contribution in [0.15, 0.2) is 24.5 Å². The number of fused-ring (bicyclic) bond motifs is 1. The zero-order valence-electron chi connectivity index (χ0n) is 13.0. The summed E-state index contributed by atoms with van der Waals surface area (Å²) in [6, 6.07) is 3.30. The van der Waals surface area contributed by atoms with E-state index in [2.05, 4.69) is 20.7 Å². The molecule has 0 aliphatic carbocycles. The van der Waals surface area contributed by atoms with E-state index in [1.165, 1.54) is 0 Å². The summed E-state index contributed by atoms with van der Waals surface area (Å²) in [4.78, 5) is 16.0. The molecule has 1 unspecified atom stereocenters. The topological polar surface area (TPSA) is 91.5 Å². The molecule has 2 aromatic heterocycles. The molecule has 0 aliphatic heterocycles. The zero-order chi connectivity index (χ0) is 15.9. The van der Waals surface area contributed by atoms with E-state index in [0.717, 1.165) is 24.2 Å². The number of amides is 2. The highest BCUT2D eigenvalue weighted by Crippen LogP contribution is 2.12. The molecular weight excluding hydrogens is 282 g/mol.